The van der Waals surface area contributed by atoms with Gasteiger partial charge in [-0.25, -0.2) is 4.39 Å². The second kappa shape index (κ2) is 11.9. The molecule has 1 aliphatic rings. The molecule has 1 aromatic heterocycles. The van der Waals surface area contributed by atoms with E-state index in [1.54, 1.807) is 11.0 Å². The number of carbonyl (C=O) groups is 3. The Labute approximate surface area is 213 Å². The molecule has 9 heteroatoms. The van der Waals surface area contributed by atoms with E-state index < -0.39 is 11.9 Å². The molecule has 1 aliphatic heterocycles. The third-order valence-electron chi connectivity index (χ3n) is 6.30. The second-order valence-corrected chi connectivity index (χ2v) is 9.61. The quantitative estimate of drug-likeness (QED) is 0.465. The lowest BCUT2D eigenvalue weighted by atomic mass is 10.1. The first kappa shape index (κ1) is 25.5. The van der Waals surface area contributed by atoms with Crippen molar-refractivity contribution in [2.24, 2.45) is 5.73 Å². The molecule has 0 spiro atoms. The van der Waals surface area contributed by atoms with Crippen LogP contribution in [-0.2, 0) is 11.2 Å². The van der Waals surface area contributed by atoms with Crippen LogP contribution in [0.25, 0.3) is 0 Å². The van der Waals surface area contributed by atoms with Crippen LogP contribution in [0.5, 0.6) is 0 Å². The molecule has 3 aromatic rings. The summed E-state index contributed by atoms with van der Waals surface area (Å²) in [5, 5.41) is 4.63. The van der Waals surface area contributed by atoms with Gasteiger partial charge in [0.25, 0.3) is 11.8 Å². The first-order valence-corrected chi connectivity index (χ1v) is 12.8. The lowest BCUT2D eigenvalue weighted by Crippen LogP contribution is -2.47. The van der Waals surface area contributed by atoms with E-state index in [1.807, 2.05) is 41.8 Å². The predicted octanol–water partition coefficient (Wildman–Crippen LogP) is 2.93. The normalized spacial score (nSPS) is 17.1. The minimum atomic E-state index is -0.769. The number of benzene rings is 2. The van der Waals surface area contributed by atoms with Gasteiger partial charge in [-0.3, -0.25) is 14.4 Å². The molecular weight excluding hydrogens is 479 g/mol. The summed E-state index contributed by atoms with van der Waals surface area (Å²) in [5.74, 6) is -1.26. The molecule has 2 atom stereocenters. The lowest BCUT2D eigenvalue weighted by molar-refractivity contribution is -0.124. The van der Waals surface area contributed by atoms with Crippen LogP contribution in [0.15, 0.2) is 72.1 Å². The zero-order chi connectivity index (χ0) is 25.5. The molecule has 7 nitrogen and oxygen atoms in total. The van der Waals surface area contributed by atoms with Crippen molar-refractivity contribution in [2.75, 3.05) is 26.2 Å². The fourth-order valence-corrected chi connectivity index (χ4v) is 5.15. The number of nitrogens with two attached hydrogens (primary N) is 1. The number of hydrogen-bond acceptors (Lipinski definition) is 5. The van der Waals surface area contributed by atoms with Crippen molar-refractivity contribution in [3.63, 3.8) is 0 Å². The number of hydrogen-bond donors (Lipinski definition) is 2. The average molecular weight is 509 g/mol. The van der Waals surface area contributed by atoms with Crippen molar-refractivity contribution in [3.05, 3.63) is 93.9 Å². The molecule has 0 radical (unpaired) electrons. The summed E-state index contributed by atoms with van der Waals surface area (Å²) < 4.78 is 13.4. The molecule has 188 valence electrons. The number of amides is 3. The number of nitrogens with one attached hydrogen (secondary N) is 1. The predicted molar refractivity (Wildman–Crippen MR) is 137 cm³/mol. The zero-order valence-electron chi connectivity index (χ0n) is 19.8. The highest BCUT2D eigenvalue weighted by Gasteiger charge is 2.43. The maximum atomic E-state index is 13.5. The summed E-state index contributed by atoms with van der Waals surface area (Å²) in [6.45, 7) is 1.20. The molecule has 0 saturated carbocycles. The Balaban J connectivity index is 1.61. The Hall–Kier alpha value is -3.56. The smallest absolute Gasteiger partial charge is 0.264 e. The largest absolute Gasteiger partial charge is 0.353 e. The number of likely N-dealkylation sites (tertiary alicyclic amines) is 1. The Morgan fingerprint density at radius 3 is 2.47 bits per heavy atom. The molecule has 2 unspecified atom stereocenters. The molecule has 0 bridgehead atoms. The first-order valence-electron chi connectivity index (χ1n) is 11.9. The van der Waals surface area contributed by atoms with Crippen molar-refractivity contribution in [1.29, 1.82) is 0 Å². The van der Waals surface area contributed by atoms with Crippen LogP contribution < -0.4 is 11.1 Å². The standard InChI is InChI=1S/C27H29FN4O3S/c28-21-10-8-20(9-11-21)26(34)32-18-22(17-23(32)25(33)30-14-13-29)31(27(35)24-7-4-16-36-24)15-12-19-5-2-1-3-6-19/h1-11,16,22-23H,12-15,17-18,29H2,(H,30,33). The molecule has 3 amide bonds. The lowest BCUT2D eigenvalue weighted by Gasteiger charge is -2.29. The van der Waals surface area contributed by atoms with E-state index in [1.165, 1.54) is 40.5 Å². The highest BCUT2D eigenvalue weighted by molar-refractivity contribution is 7.12. The van der Waals surface area contributed by atoms with Crippen molar-refractivity contribution >= 4 is 29.1 Å². The fraction of sp³-hybridized carbons (Fsp3) is 0.296. The number of rotatable bonds is 9. The molecule has 1 fully saturated rings. The van der Waals surface area contributed by atoms with Crippen LogP contribution >= 0.6 is 11.3 Å². The van der Waals surface area contributed by atoms with Gasteiger partial charge in [0, 0.05) is 31.7 Å². The van der Waals surface area contributed by atoms with Crippen molar-refractivity contribution in [3.8, 4) is 0 Å². The maximum Gasteiger partial charge on any atom is 0.264 e. The highest BCUT2D eigenvalue weighted by atomic mass is 32.1. The van der Waals surface area contributed by atoms with Gasteiger partial charge in [-0.15, -0.1) is 11.3 Å². The Morgan fingerprint density at radius 2 is 1.81 bits per heavy atom. The van der Waals surface area contributed by atoms with Gasteiger partial charge in [0.1, 0.15) is 11.9 Å². The summed E-state index contributed by atoms with van der Waals surface area (Å²) in [6, 6.07) is 17.6. The van der Waals surface area contributed by atoms with Crippen molar-refractivity contribution in [2.45, 2.75) is 24.9 Å². The summed E-state index contributed by atoms with van der Waals surface area (Å²) in [4.78, 5) is 43.8. The molecule has 36 heavy (non-hydrogen) atoms. The third kappa shape index (κ3) is 5.98. The van der Waals surface area contributed by atoms with Crippen molar-refractivity contribution in [1.82, 2.24) is 15.1 Å². The van der Waals surface area contributed by atoms with E-state index in [0.717, 1.165) is 5.56 Å². The van der Waals surface area contributed by atoms with Gasteiger partial charge in [0.05, 0.1) is 10.9 Å². The summed E-state index contributed by atoms with van der Waals surface area (Å²) in [6.07, 6.45) is 0.944. The van der Waals surface area contributed by atoms with Gasteiger partial charge in [-0.1, -0.05) is 36.4 Å². The first-order chi connectivity index (χ1) is 17.5. The van der Waals surface area contributed by atoms with E-state index in [4.69, 9.17) is 5.73 Å². The summed E-state index contributed by atoms with van der Waals surface area (Å²) >= 11 is 1.36. The zero-order valence-corrected chi connectivity index (χ0v) is 20.6. The van der Waals surface area contributed by atoms with E-state index in [-0.39, 0.29) is 49.0 Å². The van der Waals surface area contributed by atoms with Crippen LogP contribution in [-0.4, -0.2) is 65.8 Å². The Bertz CT molecular complexity index is 1170. The van der Waals surface area contributed by atoms with Crippen LogP contribution in [0, 0.1) is 5.82 Å². The Kier molecular flexibility index (Phi) is 8.45. The second-order valence-electron chi connectivity index (χ2n) is 8.66. The van der Waals surface area contributed by atoms with Gasteiger partial charge in [0.15, 0.2) is 0 Å². The summed E-state index contributed by atoms with van der Waals surface area (Å²) in [5.41, 5.74) is 6.94. The number of thiophene rings is 1. The van der Waals surface area contributed by atoms with Crippen LogP contribution in [0.1, 0.15) is 32.0 Å². The molecule has 0 aliphatic carbocycles. The van der Waals surface area contributed by atoms with Gasteiger partial charge >= 0.3 is 0 Å². The SMILES string of the molecule is NCCNC(=O)C1CC(N(CCc2ccccc2)C(=O)c2cccs2)CN1C(=O)c1ccc(F)cc1. The summed E-state index contributed by atoms with van der Waals surface area (Å²) in [7, 11) is 0. The maximum absolute atomic E-state index is 13.5. The minimum Gasteiger partial charge on any atom is -0.353 e. The van der Waals surface area contributed by atoms with Crippen LogP contribution in [0.4, 0.5) is 4.39 Å². The minimum absolute atomic E-state index is 0.122. The number of nitrogens with zero attached hydrogens (tertiary/aromatic N) is 2. The molecule has 2 heterocycles. The van der Waals surface area contributed by atoms with E-state index >= 15 is 0 Å². The molecule has 1 saturated heterocycles. The topological polar surface area (TPSA) is 95.7 Å². The molecular formula is C27H29FN4O3S. The number of carbonyl (C=O) groups excluding carboxylic acids is 3. The molecule has 3 N–H and O–H groups in total. The van der Waals surface area contributed by atoms with Gasteiger partial charge in [0.2, 0.25) is 5.91 Å². The van der Waals surface area contributed by atoms with E-state index in [0.29, 0.717) is 24.3 Å². The number of halogens is 1. The van der Waals surface area contributed by atoms with Crippen molar-refractivity contribution < 1.29 is 18.8 Å². The average Bonchev–Trinajstić information content (AvgIpc) is 3.59. The molecule has 4 rings (SSSR count). The highest BCUT2D eigenvalue weighted by Crippen LogP contribution is 2.27. The molecule has 2 aromatic carbocycles. The van der Waals surface area contributed by atoms with E-state index in [2.05, 4.69) is 5.32 Å². The van der Waals surface area contributed by atoms with Crippen LogP contribution in [0.2, 0.25) is 0 Å². The fourth-order valence-electron chi connectivity index (χ4n) is 4.47. The van der Waals surface area contributed by atoms with Gasteiger partial charge in [-0.05, 0) is 54.1 Å². The Morgan fingerprint density at radius 1 is 1.06 bits per heavy atom. The monoisotopic (exact) mass is 508 g/mol. The van der Waals surface area contributed by atoms with Gasteiger partial charge < -0.3 is 20.9 Å². The van der Waals surface area contributed by atoms with Crippen LogP contribution in [0.3, 0.4) is 0 Å². The van der Waals surface area contributed by atoms with Gasteiger partial charge in [-0.2, -0.15) is 0 Å². The van der Waals surface area contributed by atoms with E-state index in [9.17, 15) is 18.8 Å². The third-order valence-corrected chi connectivity index (χ3v) is 7.15.